The van der Waals surface area contributed by atoms with Gasteiger partial charge in [-0.05, 0) is 52.1 Å². The lowest BCUT2D eigenvalue weighted by atomic mass is 10.1. The maximum atomic E-state index is 3.50. The third kappa shape index (κ3) is 4.98. The zero-order valence-electron chi connectivity index (χ0n) is 10.9. The van der Waals surface area contributed by atoms with E-state index in [4.69, 9.17) is 0 Å². The smallest absolute Gasteiger partial charge is 0.00816 e. The molecular weight excluding hydrogens is 184 g/mol. The normalized spacial score (nSPS) is 20.6. The minimum absolute atomic E-state index is 0.651. The minimum atomic E-state index is 0.651. The fourth-order valence-electron chi connectivity index (χ4n) is 2.35. The molecule has 2 nitrogen and oxygen atoms in total. The molecule has 2 unspecified atom stereocenters. The van der Waals surface area contributed by atoms with E-state index >= 15 is 0 Å². The summed E-state index contributed by atoms with van der Waals surface area (Å²) in [4.78, 5) is 2.64. The quantitative estimate of drug-likeness (QED) is 0.665. The first kappa shape index (κ1) is 13.0. The lowest BCUT2D eigenvalue weighted by Crippen LogP contribution is -2.39. The summed E-state index contributed by atoms with van der Waals surface area (Å²) >= 11 is 0. The van der Waals surface area contributed by atoms with Crippen molar-refractivity contribution in [2.75, 3.05) is 19.6 Å². The predicted molar refractivity (Wildman–Crippen MR) is 67.2 cm³/mol. The van der Waals surface area contributed by atoms with Crippen molar-refractivity contribution in [3.63, 3.8) is 0 Å². The molecule has 1 fully saturated rings. The SMILES string of the molecule is CCNC(C)CC(C)N(CC)CC1CC1. The molecule has 0 aliphatic heterocycles. The van der Waals surface area contributed by atoms with Crippen LogP contribution in [-0.4, -0.2) is 36.6 Å². The molecule has 2 atom stereocenters. The highest BCUT2D eigenvalue weighted by atomic mass is 15.2. The highest BCUT2D eigenvalue weighted by Crippen LogP contribution is 2.30. The van der Waals surface area contributed by atoms with E-state index in [1.165, 1.54) is 32.4 Å². The summed E-state index contributed by atoms with van der Waals surface area (Å²) in [7, 11) is 0. The first-order chi connectivity index (χ1) is 7.17. The van der Waals surface area contributed by atoms with Crippen LogP contribution >= 0.6 is 0 Å². The highest BCUT2D eigenvalue weighted by molar-refractivity contribution is 4.80. The molecule has 1 saturated carbocycles. The van der Waals surface area contributed by atoms with Gasteiger partial charge in [-0.3, -0.25) is 0 Å². The van der Waals surface area contributed by atoms with E-state index in [2.05, 4.69) is 37.9 Å². The van der Waals surface area contributed by atoms with Crippen LogP contribution in [0.1, 0.15) is 47.0 Å². The summed E-state index contributed by atoms with van der Waals surface area (Å²) in [5.41, 5.74) is 0. The minimum Gasteiger partial charge on any atom is -0.314 e. The van der Waals surface area contributed by atoms with Crippen LogP contribution in [0.25, 0.3) is 0 Å². The number of nitrogens with zero attached hydrogens (tertiary/aromatic N) is 1. The Balaban J connectivity index is 2.24. The van der Waals surface area contributed by atoms with E-state index in [0.29, 0.717) is 6.04 Å². The van der Waals surface area contributed by atoms with Gasteiger partial charge in [0.2, 0.25) is 0 Å². The molecule has 1 rings (SSSR count). The average Bonchev–Trinajstić information content (AvgIpc) is 2.97. The number of hydrogen-bond acceptors (Lipinski definition) is 2. The van der Waals surface area contributed by atoms with Crippen LogP contribution in [0.15, 0.2) is 0 Å². The van der Waals surface area contributed by atoms with Gasteiger partial charge in [0.1, 0.15) is 0 Å². The van der Waals surface area contributed by atoms with Gasteiger partial charge in [0.15, 0.2) is 0 Å². The molecule has 1 aliphatic rings. The van der Waals surface area contributed by atoms with Gasteiger partial charge in [-0.15, -0.1) is 0 Å². The second-order valence-corrected chi connectivity index (χ2v) is 5.07. The van der Waals surface area contributed by atoms with Crippen molar-refractivity contribution in [1.82, 2.24) is 10.2 Å². The van der Waals surface area contributed by atoms with Gasteiger partial charge in [0, 0.05) is 18.6 Å². The summed E-state index contributed by atoms with van der Waals surface area (Å²) in [6, 6.07) is 1.38. The maximum Gasteiger partial charge on any atom is 0.00816 e. The van der Waals surface area contributed by atoms with Crippen molar-refractivity contribution in [1.29, 1.82) is 0 Å². The van der Waals surface area contributed by atoms with E-state index in [-0.39, 0.29) is 0 Å². The summed E-state index contributed by atoms with van der Waals surface area (Å²) in [5, 5.41) is 3.50. The fourth-order valence-corrected chi connectivity index (χ4v) is 2.35. The van der Waals surface area contributed by atoms with E-state index < -0.39 is 0 Å². The summed E-state index contributed by atoms with van der Waals surface area (Å²) in [6.07, 6.45) is 4.20. The van der Waals surface area contributed by atoms with Crippen LogP contribution in [0, 0.1) is 5.92 Å². The van der Waals surface area contributed by atoms with E-state index in [1.54, 1.807) is 0 Å². The van der Waals surface area contributed by atoms with Crippen LogP contribution in [0.2, 0.25) is 0 Å². The van der Waals surface area contributed by atoms with Crippen LogP contribution in [0.3, 0.4) is 0 Å². The van der Waals surface area contributed by atoms with Crippen LogP contribution in [-0.2, 0) is 0 Å². The number of nitrogens with one attached hydrogen (secondary N) is 1. The molecule has 15 heavy (non-hydrogen) atoms. The van der Waals surface area contributed by atoms with E-state index in [9.17, 15) is 0 Å². The fraction of sp³-hybridized carbons (Fsp3) is 1.00. The zero-order valence-corrected chi connectivity index (χ0v) is 10.9. The van der Waals surface area contributed by atoms with Crippen molar-refractivity contribution in [2.45, 2.75) is 59.0 Å². The van der Waals surface area contributed by atoms with Crippen molar-refractivity contribution in [3.8, 4) is 0 Å². The second kappa shape index (κ2) is 6.49. The van der Waals surface area contributed by atoms with E-state index in [0.717, 1.165) is 18.5 Å². The topological polar surface area (TPSA) is 15.3 Å². The molecular formula is C13H28N2. The third-order valence-electron chi connectivity index (χ3n) is 3.47. The summed E-state index contributed by atoms with van der Waals surface area (Å²) in [5.74, 6) is 1.02. The molecule has 0 radical (unpaired) electrons. The van der Waals surface area contributed by atoms with Crippen molar-refractivity contribution < 1.29 is 0 Å². The Morgan fingerprint density at radius 2 is 1.93 bits per heavy atom. The van der Waals surface area contributed by atoms with Gasteiger partial charge in [-0.2, -0.15) is 0 Å². The van der Waals surface area contributed by atoms with Gasteiger partial charge in [0.05, 0.1) is 0 Å². The standard InChI is InChI=1S/C13H28N2/c1-5-14-11(3)9-12(4)15(6-2)10-13-7-8-13/h11-14H,5-10H2,1-4H3. The Morgan fingerprint density at radius 1 is 1.27 bits per heavy atom. The average molecular weight is 212 g/mol. The Kier molecular flexibility index (Phi) is 5.62. The molecule has 90 valence electrons. The molecule has 0 aromatic rings. The number of hydrogen-bond donors (Lipinski definition) is 1. The van der Waals surface area contributed by atoms with Gasteiger partial charge >= 0.3 is 0 Å². The molecule has 2 heteroatoms. The molecule has 1 aliphatic carbocycles. The Hall–Kier alpha value is -0.0800. The maximum absolute atomic E-state index is 3.50. The Bertz CT molecular complexity index is 166. The molecule has 1 N–H and O–H groups in total. The third-order valence-corrected chi connectivity index (χ3v) is 3.47. The molecule has 0 saturated heterocycles. The van der Waals surface area contributed by atoms with Crippen molar-refractivity contribution >= 4 is 0 Å². The molecule has 0 bridgehead atoms. The predicted octanol–water partition coefficient (Wildman–Crippen LogP) is 2.49. The largest absolute Gasteiger partial charge is 0.314 e. The number of rotatable bonds is 8. The zero-order chi connectivity index (χ0) is 11.3. The van der Waals surface area contributed by atoms with Gasteiger partial charge in [0.25, 0.3) is 0 Å². The summed E-state index contributed by atoms with van der Waals surface area (Å²) < 4.78 is 0. The van der Waals surface area contributed by atoms with Crippen LogP contribution < -0.4 is 5.32 Å². The lowest BCUT2D eigenvalue weighted by molar-refractivity contribution is 0.190. The Labute approximate surface area is 95.4 Å². The molecule has 0 amide bonds. The van der Waals surface area contributed by atoms with E-state index in [1.807, 2.05) is 0 Å². The van der Waals surface area contributed by atoms with Gasteiger partial charge in [-0.1, -0.05) is 13.8 Å². The summed E-state index contributed by atoms with van der Waals surface area (Å²) in [6.45, 7) is 12.8. The molecule has 0 aromatic carbocycles. The monoisotopic (exact) mass is 212 g/mol. The van der Waals surface area contributed by atoms with Gasteiger partial charge < -0.3 is 10.2 Å². The van der Waals surface area contributed by atoms with Crippen molar-refractivity contribution in [3.05, 3.63) is 0 Å². The lowest BCUT2D eigenvalue weighted by Gasteiger charge is -2.30. The Morgan fingerprint density at radius 3 is 2.40 bits per heavy atom. The van der Waals surface area contributed by atoms with Gasteiger partial charge in [-0.25, -0.2) is 0 Å². The molecule has 0 aromatic heterocycles. The van der Waals surface area contributed by atoms with Crippen LogP contribution in [0.4, 0.5) is 0 Å². The first-order valence-electron chi connectivity index (χ1n) is 6.64. The molecule has 0 heterocycles. The second-order valence-electron chi connectivity index (χ2n) is 5.07. The van der Waals surface area contributed by atoms with Crippen molar-refractivity contribution in [2.24, 2.45) is 5.92 Å². The first-order valence-corrected chi connectivity index (χ1v) is 6.64. The molecule has 0 spiro atoms. The van der Waals surface area contributed by atoms with Crippen LogP contribution in [0.5, 0.6) is 0 Å². The highest BCUT2D eigenvalue weighted by Gasteiger charge is 2.26.